The summed E-state index contributed by atoms with van der Waals surface area (Å²) in [7, 11) is 1.47. The number of methoxy groups -OCH3 is 1. The number of nitrogens with zero attached hydrogens (tertiary/aromatic N) is 2. The monoisotopic (exact) mass is 367 g/mol. The number of likely N-dealkylation sites (tertiary alicyclic amines) is 1. The first-order valence-electron chi connectivity index (χ1n) is 10.0. The van der Waals surface area contributed by atoms with Crippen LogP contribution in [-0.4, -0.2) is 62.8 Å². The minimum Gasteiger partial charge on any atom is -0.469 e. The van der Waals surface area contributed by atoms with Gasteiger partial charge in [0.1, 0.15) is 0 Å². The first kappa shape index (κ1) is 21.0. The maximum atomic E-state index is 12.0. The number of guanidine groups is 1. The molecule has 2 saturated heterocycles. The van der Waals surface area contributed by atoms with Gasteiger partial charge in [0.15, 0.2) is 5.96 Å². The number of rotatable bonds is 4. The van der Waals surface area contributed by atoms with Crippen molar-refractivity contribution in [2.75, 3.05) is 39.9 Å². The summed E-state index contributed by atoms with van der Waals surface area (Å²) >= 11 is 0. The quantitative estimate of drug-likeness (QED) is 0.470. The van der Waals surface area contributed by atoms with Gasteiger partial charge in [-0.1, -0.05) is 27.7 Å². The third-order valence-electron chi connectivity index (χ3n) is 5.52. The van der Waals surface area contributed by atoms with Gasteiger partial charge in [-0.2, -0.15) is 0 Å². The highest BCUT2D eigenvalue weighted by molar-refractivity contribution is 5.82. The molecule has 0 amide bonds. The van der Waals surface area contributed by atoms with E-state index >= 15 is 0 Å². The van der Waals surface area contributed by atoms with Crippen LogP contribution >= 0.6 is 0 Å². The van der Waals surface area contributed by atoms with E-state index in [4.69, 9.17) is 14.5 Å². The van der Waals surface area contributed by atoms with Crippen molar-refractivity contribution < 1.29 is 14.3 Å². The second-order valence-electron chi connectivity index (χ2n) is 8.77. The molecule has 0 aliphatic carbocycles. The van der Waals surface area contributed by atoms with E-state index in [1.807, 2.05) is 0 Å². The molecule has 2 aliphatic heterocycles. The fourth-order valence-corrected chi connectivity index (χ4v) is 4.21. The van der Waals surface area contributed by atoms with Crippen molar-refractivity contribution in [1.29, 1.82) is 0 Å². The Balaban J connectivity index is 2.07. The van der Waals surface area contributed by atoms with Gasteiger partial charge in [-0.3, -0.25) is 9.79 Å². The summed E-state index contributed by atoms with van der Waals surface area (Å²) in [6, 6.07) is 0. The average molecular weight is 368 g/mol. The number of ether oxygens (including phenoxy) is 2. The molecule has 0 saturated carbocycles. The summed E-state index contributed by atoms with van der Waals surface area (Å²) < 4.78 is 11.0. The highest BCUT2D eigenvalue weighted by Crippen LogP contribution is 2.34. The lowest BCUT2D eigenvalue weighted by Gasteiger charge is -2.39. The van der Waals surface area contributed by atoms with Gasteiger partial charge in [0.2, 0.25) is 0 Å². The van der Waals surface area contributed by atoms with Crippen molar-refractivity contribution >= 4 is 11.9 Å². The highest BCUT2D eigenvalue weighted by Gasteiger charge is 2.38. The molecule has 4 atom stereocenters. The molecule has 0 spiro atoms. The number of carbonyl (C=O) groups excluding carboxylic acids is 1. The third kappa shape index (κ3) is 5.12. The van der Waals surface area contributed by atoms with Crippen LogP contribution in [0.5, 0.6) is 0 Å². The number of carbonyl (C=O) groups is 1. The smallest absolute Gasteiger partial charge is 0.310 e. The normalized spacial score (nSPS) is 30.4. The first-order valence-corrected chi connectivity index (χ1v) is 10.0. The third-order valence-corrected chi connectivity index (χ3v) is 5.52. The van der Waals surface area contributed by atoms with Crippen molar-refractivity contribution in [1.82, 2.24) is 10.2 Å². The van der Waals surface area contributed by atoms with Crippen LogP contribution < -0.4 is 5.32 Å². The van der Waals surface area contributed by atoms with Crippen molar-refractivity contribution in [3.63, 3.8) is 0 Å². The Hall–Kier alpha value is -1.30. The van der Waals surface area contributed by atoms with Crippen molar-refractivity contribution in [2.24, 2.45) is 28.2 Å². The van der Waals surface area contributed by atoms with E-state index in [0.29, 0.717) is 12.5 Å². The molecule has 6 heteroatoms. The lowest BCUT2D eigenvalue weighted by Crippen LogP contribution is -2.43. The topological polar surface area (TPSA) is 63.2 Å². The van der Waals surface area contributed by atoms with Gasteiger partial charge in [0.05, 0.1) is 19.1 Å². The predicted molar refractivity (Wildman–Crippen MR) is 104 cm³/mol. The van der Waals surface area contributed by atoms with Gasteiger partial charge in [-0.15, -0.1) is 0 Å². The van der Waals surface area contributed by atoms with Crippen LogP contribution in [0.1, 0.15) is 47.5 Å². The van der Waals surface area contributed by atoms with Gasteiger partial charge in [-0.05, 0) is 31.1 Å². The van der Waals surface area contributed by atoms with Crippen LogP contribution in [0.2, 0.25) is 0 Å². The van der Waals surface area contributed by atoms with Gasteiger partial charge in [0.25, 0.3) is 0 Å². The van der Waals surface area contributed by atoms with E-state index in [2.05, 4.69) is 44.8 Å². The molecule has 150 valence electrons. The second-order valence-corrected chi connectivity index (χ2v) is 8.77. The minimum absolute atomic E-state index is 0.0795. The molecule has 0 radical (unpaired) electrons. The van der Waals surface area contributed by atoms with E-state index in [-0.39, 0.29) is 29.3 Å². The van der Waals surface area contributed by atoms with E-state index < -0.39 is 0 Å². The van der Waals surface area contributed by atoms with Gasteiger partial charge >= 0.3 is 5.97 Å². The summed E-state index contributed by atoms with van der Waals surface area (Å²) in [5.41, 5.74) is 0.122. The molecular weight excluding hydrogens is 330 g/mol. The zero-order valence-corrected chi connectivity index (χ0v) is 17.4. The van der Waals surface area contributed by atoms with Crippen LogP contribution in [-0.2, 0) is 14.3 Å². The summed E-state index contributed by atoms with van der Waals surface area (Å²) in [5, 5.41) is 3.40. The van der Waals surface area contributed by atoms with E-state index in [1.54, 1.807) is 0 Å². The molecule has 1 N–H and O–H groups in total. The van der Waals surface area contributed by atoms with Crippen LogP contribution in [0.15, 0.2) is 4.99 Å². The standard InChI is InChI=1S/C20H37N3O3/c1-7-21-19(23-12-14(2)16(13-23)18(24)25-6)22-11-15-9-8-10-26-17(15)20(3,4)5/h14-17H,7-13H2,1-6H3,(H,21,22). The summed E-state index contributed by atoms with van der Waals surface area (Å²) in [5.74, 6) is 1.41. The Bertz CT molecular complexity index is 501. The molecule has 2 rings (SSSR count). The van der Waals surface area contributed by atoms with Gasteiger partial charge in [-0.25, -0.2) is 0 Å². The molecule has 0 bridgehead atoms. The van der Waals surface area contributed by atoms with E-state index in [0.717, 1.165) is 45.0 Å². The molecule has 2 heterocycles. The second kappa shape index (κ2) is 9.07. The van der Waals surface area contributed by atoms with Crippen LogP contribution in [0.4, 0.5) is 0 Å². The first-order chi connectivity index (χ1) is 12.3. The van der Waals surface area contributed by atoms with Crippen LogP contribution in [0, 0.1) is 23.2 Å². The number of aliphatic imine (C=N–C) groups is 1. The van der Waals surface area contributed by atoms with E-state index in [1.165, 1.54) is 7.11 Å². The Labute approximate surface area is 158 Å². The lowest BCUT2D eigenvalue weighted by molar-refractivity contribution is -0.145. The Morgan fingerprint density at radius 3 is 2.69 bits per heavy atom. The molecule has 2 aliphatic rings. The molecular formula is C20H37N3O3. The van der Waals surface area contributed by atoms with Crippen molar-refractivity contribution in [3.8, 4) is 0 Å². The summed E-state index contributed by atoms with van der Waals surface area (Å²) in [6.07, 6.45) is 2.50. The minimum atomic E-state index is -0.121. The maximum Gasteiger partial charge on any atom is 0.310 e. The summed E-state index contributed by atoms with van der Waals surface area (Å²) in [6.45, 7) is 14.8. The lowest BCUT2D eigenvalue weighted by atomic mass is 9.78. The SMILES string of the molecule is CCNC(=NCC1CCCOC1C(C)(C)C)N1CC(C)C(C(=O)OC)C1. The van der Waals surface area contributed by atoms with Gasteiger partial charge < -0.3 is 19.7 Å². The molecule has 4 unspecified atom stereocenters. The summed E-state index contributed by atoms with van der Waals surface area (Å²) in [4.78, 5) is 19.1. The van der Waals surface area contributed by atoms with Gasteiger partial charge in [0, 0.05) is 38.7 Å². The van der Waals surface area contributed by atoms with E-state index in [9.17, 15) is 4.79 Å². The molecule has 0 aromatic carbocycles. The zero-order valence-electron chi connectivity index (χ0n) is 17.4. The van der Waals surface area contributed by atoms with Crippen molar-refractivity contribution in [2.45, 2.75) is 53.6 Å². The number of hydrogen-bond donors (Lipinski definition) is 1. The molecule has 2 fully saturated rings. The fraction of sp³-hybridized carbons (Fsp3) is 0.900. The van der Waals surface area contributed by atoms with Crippen molar-refractivity contribution in [3.05, 3.63) is 0 Å². The fourth-order valence-electron chi connectivity index (χ4n) is 4.21. The predicted octanol–water partition coefficient (Wildman–Crippen LogP) is 2.53. The molecule has 26 heavy (non-hydrogen) atoms. The number of esters is 1. The molecule has 0 aromatic heterocycles. The highest BCUT2D eigenvalue weighted by atomic mass is 16.5. The Morgan fingerprint density at radius 2 is 2.08 bits per heavy atom. The maximum absolute atomic E-state index is 12.0. The number of nitrogens with one attached hydrogen (secondary N) is 1. The number of hydrogen-bond acceptors (Lipinski definition) is 4. The molecule has 6 nitrogen and oxygen atoms in total. The Morgan fingerprint density at radius 1 is 1.35 bits per heavy atom. The molecule has 0 aromatic rings. The average Bonchev–Trinajstić information content (AvgIpc) is 2.99. The van der Waals surface area contributed by atoms with Crippen LogP contribution in [0.25, 0.3) is 0 Å². The largest absolute Gasteiger partial charge is 0.469 e. The Kier molecular flexibility index (Phi) is 7.33. The zero-order chi connectivity index (χ0) is 19.3. The van der Waals surface area contributed by atoms with Crippen LogP contribution in [0.3, 0.4) is 0 Å².